The topological polar surface area (TPSA) is 91.6 Å². The van der Waals surface area contributed by atoms with Crippen molar-refractivity contribution < 1.29 is 14.7 Å². The number of carbonyl (C=O) groups excluding carboxylic acids is 1. The summed E-state index contributed by atoms with van der Waals surface area (Å²) in [5.41, 5.74) is 0. The van der Waals surface area contributed by atoms with E-state index in [-0.39, 0.29) is 12.6 Å². The summed E-state index contributed by atoms with van der Waals surface area (Å²) < 4.78 is 1.91. The maximum Gasteiger partial charge on any atom is 0.323 e. The van der Waals surface area contributed by atoms with Gasteiger partial charge in [-0.1, -0.05) is 0 Å². The predicted molar refractivity (Wildman–Crippen MR) is 67.8 cm³/mol. The first-order chi connectivity index (χ1) is 9.63. The number of urea groups is 1. The minimum Gasteiger partial charge on any atom is -0.480 e. The van der Waals surface area contributed by atoms with E-state index in [4.69, 9.17) is 5.11 Å². The van der Waals surface area contributed by atoms with Gasteiger partial charge in [-0.25, -0.2) is 4.79 Å². The molecule has 0 spiro atoms. The fourth-order valence-electron chi connectivity index (χ4n) is 2.42. The van der Waals surface area contributed by atoms with Gasteiger partial charge < -0.3 is 19.5 Å². The van der Waals surface area contributed by atoms with Crippen LogP contribution in [0.5, 0.6) is 0 Å². The highest BCUT2D eigenvalue weighted by Gasteiger charge is 2.31. The third-order valence-corrected chi connectivity index (χ3v) is 3.68. The van der Waals surface area contributed by atoms with Gasteiger partial charge in [0.05, 0.1) is 6.54 Å². The maximum atomic E-state index is 12.5. The number of carboxylic acids is 1. The zero-order valence-corrected chi connectivity index (χ0v) is 11.1. The Balaban J connectivity index is 1.67. The monoisotopic (exact) mass is 279 g/mol. The molecule has 1 fully saturated rings. The molecule has 1 saturated carbocycles. The Labute approximate surface area is 116 Å². The Morgan fingerprint density at radius 3 is 2.90 bits per heavy atom. The van der Waals surface area contributed by atoms with Gasteiger partial charge in [0.2, 0.25) is 0 Å². The van der Waals surface area contributed by atoms with E-state index in [9.17, 15) is 9.59 Å². The van der Waals surface area contributed by atoms with E-state index in [2.05, 4.69) is 10.2 Å². The van der Waals surface area contributed by atoms with E-state index in [1.54, 1.807) is 11.2 Å². The van der Waals surface area contributed by atoms with E-state index >= 15 is 0 Å². The summed E-state index contributed by atoms with van der Waals surface area (Å²) in [4.78, 5) is 26.5. The number of hydrogen-bond donors (Lipinski definition) is 1. The van der Waals surface area contributed by atoms with Crippen molar-refractivity contribution in [3.05, 3.63) is 12.2 Å². The molecule has 2 heterocycles. The highest BCUT2D eigenvalue weighted by Crippen LogP contribution is 2.30. The van der Waals surface area contributed by atoms with Crippen molar-refractivity contribution in [1.29, 1.82) is 0 Å². The number of rotatable bonds is 4. The molecule has 8 heteroatoms. The predicted octanol–water partition coefficient (Wildman–Crippen LogP) is 0.0103. The zero-order valence-electron chi connectivity index (χ0n) is 11.1. The number of fused-ring (bicyclic) bond motifs is 1. The molecule has 0 bridgehead atoms. The second-order valence-corrected chi connectivity index (χ2v) is 5.36. The van der Waals surface area contributed by atoms with Crippen LogP contribution in [0.4, 0.5) is 4.79 Å². The third kappa shape index (κ3) is 2.73. The summed E-state index contributed by atoms with van der Waals surface area (Å²) in [5.74, 6) is 0.234. The van der Waals surface area contributed by atoms with E-state index in [1.807, 2.05) is 4.57 Å². The van der Waals surface area contributed by atoms with Gasteiger partial charge in [0.25, 0.3) is 0 Å². The summed E-state index contributed by atoms with van der Waals surface area (Å²) in [7, 11) is 0. The van der Waals surface area contributed by atoms with Gasteiger partial charge in [0, 0.05) is 19.6 Å². The second-order valence-electron chi connectivity index (χ2n) is 5.36. The molecule has 0 radical (unpaired) electrons. The van der Waals surface area contributed by atoms with E-state index in [0.717, 1.165) is 18.7 Å². The van der Waals surface area contributed by atoms with Crippen LogP contribution in [0.2, 0.25) is 0 Å². The fraction of sp³-hybridized carbons (Fsp3) is 0.667. The van der Waals surface area contributed by atoms with E-state index < -0.39 is 5.97 Å². The fourth-order valence-corrected chi connectivity index (χ4v) is 2.42. The molecular formula is C12H17N5O3. The largest absolute Gasteiger partial charge is 0.480 e. The number of nitrogens with zero attached hydrogens (tertiary/aromatic N) is 5. The van der Waals surface area contributed by atoms with Crippen LogP contribution in [0.15, 0.2) is 6.33 Å². The summed E-state index contributed by atoms with van der Waals surface area (Å²) in [5, 5.41) is 16.7. The number of amides is 2. The van der Waals surface area contributed by atoms with Crippen LogP contribution < -0.4 is 0 Å². The normalized spacial score (nSPS) is 17.7. The molecule has 1 aromatic rings. The van der Waals surface area contributed by atoms with Crippen LogP contribution in [0, 0.1) is 5.92 Å². The molecule has 0 unspecified atom stereocenters. The first-order valence-electron chi connectivity index (χ1n) is 6.76. The van der Waals surface area contributed by atoms with Gasteiger partial charge in [-0.15, -0.1) is 10.2 Å². The Hall–Kier alpha value is -2.12. The molecule has 1 N–H and O–H groups in total. The molecule has 1 aromatic heterocycles. The van der Waals surface area contributed by atoms with Gasteiger partial charge in [-0.05, 0) is 18.8 Å². The standard InChI is InChI=1S/C12H17N5O3/c18-11(19)7-17(5-9-1-2-9)12(20)15-3-4-16-8-13-14-10(16)6-15/h8-9H,1-7H2,(H,18,19). The van der Waals surface area contributed by atoms with Gasteiger partial charge >= 0.3 is 12.0 Å². The van der Waals surface area contributed by atoms with Crippen LogP contribution in [0.3, 0.4) is 0 Å². The lowest BCUT2D eigenvalue weighted by Gasteiger charge is -2.32. The second kappa shape index (κ2) is 5.10. The number of hydrogen-bond acceptors (Lipinski definition) is 4. The first kappa shape index (κ1) is 12.9. The molecule has 2 aliphatic rings. The van der Waals surface area contributed by atoms with Crippen LogP contribution in [0.1, 0.15) is 18.7 Å². The van der Waals surface area contributed by atoms with E-state index in [1.165, 1.54) is 4.90 Å². The quantitative estimate of drug-likeness (QED) is 0.838. The third-order valence-electron chi connectivity index (χ3n) is 3.68. The molecule has 0 atom stereocenters. The van der Waals surface area contributed by atoms with Crippen molar-refractivity contribution in [2.24, 2.45) is 5.92 Å². The Bertz CT molecular complexity index is 525. The highest BCUT2D eigenvalue weighted by atomic mass is 16.4. The highest BCUT2D eigenvalue weighted by molar-refractivity contribution is 5.80. The number of aromatic nitrogens is 3. The number of carboxylic acid groups (broad SMARTS) is 1. The molecule has 1 aliphatic heterocycles. The lowest BCUT2D eigenvalue weighted by Crippen LogP contribution is -2.48. The Morgan fingerprint density at radius 1 is 1.40 bits per heavy atom. The number of aliphatic carboxylic acids is 1. The lowest BCUT2D eigenvalue weighted by atomic mass is 10.3. The molecule has 108 valence electrons. The summed E-state index contributed by atoms with van der Waals surface area (Å²) in [6, 6.07) is -0.214. The van der Waals surface area contributed by atoms with E-state index in [0.29, 0.717) is 32.1 Å². The average molecular weight is 279 g/mol. The Kier molecular flexibility index (Phi) is 3.29. The first-order valence-corrected chi connectivity index (χ1v) is 6.76. The smallest absolute Gasteiger partial charge is 0.323 e. The number of carbonyl (C=O) groups is 2. The lowest BCUT2D eigenvalue weighted by molar-refractivity contribution is -0.137. The molecule has 3 rings (SSSR count). The molecule has 2 amide bonds. The van der Waals surface area contributed by atoms with Gasteiger partial charge in [0.1, 0.15) is 12.9 Å². The molecule has 8 nitrogen and oxygen atoms in total. The van der Waals surface area contributed by atoms with Crippen LogP contribution in [0.25, 0.3) is 0 Å². The van der Waals surface area contributed by atoms with Crippen molar-refractivity contribution in [3.8, 4) is 0 Å². The molecule has 0 saturated heterocycles. The van der Waals surface area contributed by atoms with Crippen molar-refractivity contribution in [1.82, 2.24) is 24.6 Å². The van der Waals surface area contributed by atoms with Gasteiger partial charge in [-0.3, -0.25) is 4.79 Å². The minimum atomic E-state index is -0.973. The summed E-state index contributed by atoms with van der Waals surface area (Å²) >= 11 is 0. The maximum absolute atomic E-state index is 12.5. The van der Waals surface area contributed by atoms with Gasteiger partial charge in [-0.2, -0.15) is 0 Å². The van der Waals surface area contributed by atoms with Crippen molar-refractivity contribution >= 4 is 12.0 Å². The zero-order chi connectivity index (χ0) is 14.1. The van der Waals surface area contributed by atoms with Crippen LogP contribution in [-0.2, 0) is 17.9 Å². The van der Waals surface area contributed by atoms with Gasteiger partial charge in [0.15, 0.2) is 5.82 Å². The molecular weight excluding hydrogens is 262 g/mol. The molecule has 1 aliphatic carbocycles. The average Bonchev–Trinajstić information content (AvgIpc) is 3.11. The minimum absolute atomic E-state index is 0.214. The van der Waals surface area contributed by atoms with Crippen molar-refractivity contribution in [3.63, 3.8) is 0 Å². The molecule has 0 aromatic carbocycles. The summed E-state index contributed by atoms with van der Waals surface area (Å²) in [6.07, 6.45) is 3.81. The van der Waals surface area contributed by atoms with Crippen LogP contribution in [-0.4, -0.2) is 61.3 Å². The summed E-state index contributed by atoms with van der Waals surface area (Å²) in [6.45, 7) is 1.90. The Morgan fingerprint density at radius 2 is 2.20 bits per heavy atom. The SMILES string of the molecule is O=C(O)CN(CC1CC1)C(=O)N1CCn2cnnc2C1. The van der Waals surface area contributed by atoms with Crippen molar-refractivity contribution in [2.45, 2.75) is 25.9 Å². The molecule has 20 heavy (non-hydrogen) atoms. The van der Waals surface area contributed by atoms with Crippen molar-refractivity contribution in [2.75, 3.05) is 19.6 Å². The van der Waals surface area contributed by atoms with Crippen LogP contribution >= 0.6 is 0 Å².